The summed E-state index contributed by atoms with van der Waals surface area (Å²) in [6.07, 6.45) is 3.79. The number of nitrogens with one attached hydrogen (secondary N) is 1. The van der Waals surface area contributed by atoms with Crippen LogP contribution >= 0.6 is 0 Å². The Morgan fingerprint density at radius 2 is 1.94 bits per heavy atom. The summed E-state index contributed by atoms with van der Waals surface area (Å²) >= 11 is 0. The fraction of sp³-hybridized carbons (Fsp3) is 0.562. The Morgan fingerprint density at radius 3 is 2.61 bits per heavy atom. The SMILES string of the molecule is CCC(CC)CC(=O)C1Cc2ccccc2CN1. The second kappa shape index (κ2) is 6.14. The second-order valence-electron chi connectivity index (χ2n) is 5.26. The first-order chi connectivity index (χ1) is 8.74. The van der Waals surface area contributed by atoms with Gasteiger partial charge in [0.05, 0.1) is 6.04 Å². The molecular weight excluding hydrogens is 222 g/mol. The fourth-order valence-corrected chi connectivity index (χ4v) is 2.69. The van der Waals surface area contributed by atoms with Crippen LogP contribution in [-0.4, -0.2) is 11.8 Å². The number of rotatable bonds is 5. The Kier molecular flexibility index (Phi) is 4.54. The van der Waals surface area contributed by atoms with Crippen molar-refractivity contribution < 1.29 is 4.79 Å². The van der Waals surface area contributed by atoms with Gasteiger partial charge in [-0.15, -0.1) is 0 Å². The molecule has 1 atom stereocenters. The maximum Gasteiger partial charge on any atom is 0.150 e. The van der Waals surface area contributed by atoms with Crippen molar-refractivity contribution in [3.63, 3.8) is 0 Å². The lowest BCUT2D eigenvalue weighted by molar-refractivity contribution is -0.122. The molecule has 0 aromatic heterocycles. The fourth-order valence-electron chi connectivity index (χ4n) is 2.69. The maximum absolute atomic E-state index is 12.3. The highest BCUT2D eigenvalue weighted by atomic mass is 16.1. The number of Topliss-reactive ketones (excluding diaryl/α,β-unsaturated/α-hetero) is 1. The topological polar surface area (TPSA) is 29.1 Å². The van der Waals surface area contributed by atoms with Crippen LogP contribution in [0.15, 0.2) is 24.3 Å². The van der Waals surface area contributed by atoms with Crippen molar-refractivity contribution in [2.24, 2.45) is 5.92 Å². The Hall–Kier alpha value is -1.15. The predicted molar refractivity (Wildman–Crippen MR) is 74.5 cm³/mol. The summed E-state index contributed by atoms with van der Waals surface area (Å²) in [6, 6.07) is 8.44. The van der Waals surface area contributed by atoms with Gasteiger partial charge in [-0.3, -0.25) is 4.79 Å². The quantitative estimate of drug-likeness (QED) is 0.863. The molecule has 0 amide bonds. The number of carbonyl (C=O) groups excluding carboxylic acids is 1. The van der Waals surface area contributed by atoms with E-state index in [9.17, 15) is 4.79 Å². The minimum atomic E-state index is 0.0282. The third-order valence-corrected chi connectivity index (χ3v) is 4.11. The van der Waals surface area contributed by atoms with Gasteiger partial charge in [0, 0.05) is 13.0 Å². The Morgan fingerprint density at radius 1 is 1.28 bits per heavy atom. The summed E-state index contributed by atoms with van der Waals surface area (Å²) in [7, 11) is 0. The van der Waals surface area contributed by atoms with Crippen LogP contribution in [-0.2, 0) is 17.8 Å². The Labute approximate surface area is 110 Å². The van der Waals surface area contributed by atoms with Gasteiger partial charge in [0.15, 0.2) is 0 Å². The van der Waals surface area contributed by atoms with E-state index in [-0.39, 0.29) is 6.04 Å². The van der Waals surface area contributed by atoms with Crippen molar-refractivity contribution >= 4 is 5.78 Å². The van der Waals surface area contributed by atoms with Crippen LogP contribution in [0.25, 0.3) is 0 Å². The number of ketones is 1. The van der Waals surface area contributed by atoms with E-state index in [1.165, 1.54) is 11.1 Å². The molecule has 0 aliphatic carbocycles. The molecule has 0 saturated carbocycles. The van der Waals surface area contributed by atoms with Crippen molar-refractivity contribution in [1.29, 1.82) is 0 Å². The number of hydrogen-bond donors (Lipinski definition) is 1. The largest absolute Gasteiger partial charge is 0.303 e. The molecule has 98 valence electrons. The van der Waals surface area contributed by atoms with Crippen molar-refractivity contribution in [2.75, 3.05) is 0 Å². The highest BCUT2D eigenvalue weighted by Gasteiger charge is 2.24. The molecule has 0 saturated heterocycles. The summed E-state index contributed by atoms with van der Waals surface area (Å²) in [4.78, 5) is 12.3. The number of benzene rings is 1. The molecule has 2 heteroatoms. The monoisotopic (exact) mass is 245 g/mol. The maximum atomic E-state index is 12.3. The van der Waals surface area contributed by atoms with Crippen LogP contribution in [0.2, 0.25) is 0 Å². The van der Waals surface area contributed by atoms with Crippen LogP contribution in [0.1, 0.15) is 44.2 Å². The summed E-state index contributed by atoms with van der Waals surface area (Å²) in [5.74, 6) is 0.940. The normalized spacial score (nSPS) is 18.7. The van der Waals surface area contributed by atoms with Gasteiger partial charge >= 0.3 is 0 Å². The van der Waals surface area contributed by atoms with Crippen LogP contribution < -0.4 is 5.32 Å². The molecule has 1 heterocycles. The molecule has 2 rings (SSSR count). The molecule has 0 spiro atoms. The van der Waals surface area contributed by atoms with Crippen LogP contribution in [0.3, 0.4) is 0 Å². The first-order valence-electron chi connectivity index (χ1n) is 7.07. The van der Waals surface area contributed by atoms with Crippen LogP contribution in [0.5, 0.6) is 0 Å². The number of fused-ring (bicyclic) bond motifs is 1. The molecule has 1 unspecified atom stereocenters. The Balaban J connectivity index is 1.98. The van der Waals surface area contributed by atoms with Gasteiger partial charge in [0.25, 0.3) is 0 Å². The van der Waals surface area contributed by atoms with E-state index in [0.29, 0.717) is 11.7 Å². The van der Waals surface area contributed by atoms with E-state index in [1.54, 1.807) is 0 Å². The lowest BCUT2D eigenvalue weighted by Gasteiger charge is -2.26. The van der Waals surface area contributed by atoms with Gasteiger partial charge in [-0.05, 0) is 23.5 Å². The second-order valence-corrected chi connectivity index (χ2v) is 5.26. The van der Waals surface area contributed by atoms with Crippen LogP contribution in [0.4, 0.5) is 0 Å². The van der Waals surface area contributed by atoms with Gasteiger partial charge < -0.3 is 5.32 Å². The van der Waals surface area contributed by atoms with Crippen molar-refractivity contribution in [3.05, 3.63) is 35.4 Å². The third-order valence-electron chi connectivity index (χ3n) is 4.11. The summed E-state index contributed by atoms with van der Waals surface area (Å²) in [5.41, 5.74) is 2.67. The minimum absolute atomic E-state index is 0.0282. The summed E-state index contributed by atoms with van der Waals surface area (Å²) in [5, 5.41) is 3.38. The van der Waals surface area contributed by atoms with Gasteiger partial charge in [-0.1, -0.05) is 51.0 Å². The van der Waals surface area contributed by atoms with Crippen LogP contribution in [0, 0.1) is 5.92 Å². The average Bonchev–Trinajstić information content (AvgIpc) is 2.44. The van der Waals surface area contributed by atoms with E-state index in [0.717, 1.165) is 32.2 Å². The molecular formula is C16H23NO. The summed E-state index contributed by atoms with van der Waals surface area (Å²) in [6.45, 7) is 5.17. The predicted octanol–water partition coefficient (Wildman–Crippen LogP) is 3.10. The lowest BCUT2D eigenvalue weighted by Crippen LogP contribution is -2.42. The first kappa shape index (κ1) is 13.3. The van der Waals surface area contributed by atoms with Gasteiger partial charge in [-0.2, -0.15) is 0 Å². The zero-order valence-corrected chi connectivity index (χ0v) is 11.4. The van der Waals surface area contributed by atoms with Crippen molar-refractivity contribution in [3.8, 4) is 0 Å². The molecule has 0 radical (unpaired) electrons. The molecule has 1 aromatic rings. The van der Waals surface area contributed by atoms with Gasteiger partial charge in [0.2, 0.25) is 0 Å². The standard InChI is InChI=1S/C16H23NO/c1-3-12(4-2)9-16(18)15-10-13-7-5-6-8-14(13)11-17-15/h5-8,12,15,17H,3-4,9-11H2,1-2H3. The molecule has 2 nitrogen and oxygen atoms in total. The highest BCUT2D eigenvalue weighted by molar-refractivity contribution is 5.84. The molecule has 1 aromatic carbocycles. The molecule has 1 N–H and O–H groups in total. The highest BCUT2D eigenvalue weighted by Crippen LogP contribution is 2.20. The van der Waals surface area contributed by atoms with E-state index in [4.69, 9.17) is 0 Å². The zero-order chi connectivity index (χ0) is 13.0. The minimum Gasteiger partial charge on any atom is -0.303 e. The van der Waals surface area contributed by atoms with Crippen molar-refractivity contribution in [2.45, 2.75) is 52.1 Å². The zero-order valence-electron chi connectivity index (χ0n) is 11.4. The molecule has 0 bridgehead atoms. The number of carbonyl (C=O) groups is 1. The van der Waals surface area contributed by atoms with E-state index in [2.05, 4.69) is 43.4 Å². The molecule has 1 aliphatic heterocycles. The molecule has 1 aliphatic rings. The third kappa shape index (κ3) is 2.99. The van der Waals surface area contributed by atoms with E-state index >= 15 is 0 Å². The average molecular weight is 245 g/mol. The van der Waals surface area contributed by atoms with Crippen molar-refractivity contribution in [1.82, 2.24) is 5.32 Å². The van der Waals surface area contributed by atoms with Gasteiger partial charge in [-0.25, -0.2) is 0 Å². The summed E-state index contributed by atoms with van der Waals surface area (Å²) < 4.78 is 0. The molecule has 0 fully saturated rings. The lowest BCUT2D eigenvalue weighted by atomic mass is 9.88. The Bertz CT molecular complexity index is 409. The van der Waals surface area contributed by atoms with E-state index in [1.807, 2.05) is 0 Å². The van der Waals surface area contributed by atoms with E-state index < -0.39 is 0 Å². The van der Waals surface area contributed by atoms with Gasteiger partial charge in [0.1, 0.15) is 5.78 Å². The first-order valence-corrected chi connectivity index (χ1v) is 7.07. The molecule has 18 heavy (non-hydrogen) atoms. The smallest absolute Gasteiger partial charge is 0.150 e. The number of hydrogen-bond acceptors (Lipinski definition) is 2.